The van der Waals surface area contributed by atoms with Crippen LogP contribution in [0, 0.1) is 6.92 Å². The van der Waals surface area contributed by atoms with Crippen LogP contribution in [0.2, 0.25) is 0 Å². The van der Waals surface area contributed by atoms with Crippen molar-refractivity contribution in [3.63, 3.8) is 0 Å². The summed E-state index contributed by atoms with van der Waals surface area (Å²) in [5.74, 6) is -0.753. The number of nitrogens with zero attached hydrogens (tertiary/aromatic N) is 1. The number of carbonyl (C=O) groups is 2. The lowest BCUT2D eigenvalue weighted by atomic mass is 10.1. The summed E-state index contributed by atoms with van der Waals surface area (Å²) in [6, 6.07) is 12.8. The van der Waals surface area contributed by atoms with E-state index in [4.69, 9.17) is 14.6 Å². The number of rotatable bonds is 6. The molecular formula is C21H20N2O5S. The predicted molar refractivity (Wildman–Crippen MR) is 113 cm³/mol. The summed E-state index contributed by atoms with van der Waals surface area (Å²) < 4.78 is 10.9. The molecule has 150 valence electrons. The Morgan fingerprint density at radius 2 is 2.00 bits per heavy atom. The number of hydrogen-bond acceptors (Lipinski definition) is 6. The lowest BCUT2D eigenvalue weighted by Crippen LogP contribution is -2.23. The van der Waals surface area contributed by atoms with Gasteiger partial charge in [-0.2, -0.15) is 0 Å². The zero-order valence-corrected chi connectivity index (χ0v) is 16.9. The zero-order valence-electron chi connectivity index (χ0n) is 16.1. The average Bonchev–Trinajstić information content (AvgIpc) is 3.03. The van der Waals surface area contributed by atoms with Gasteiger partial charge in [0.05, 0.1) is 17.7 Å². The van der Waals surface area contributed by atoms with Crippen molar-refractivity contribution < 1.29 is 24.2 Å². The fraction of sp³-hybridized carbons (Fsp3) is 0.190. The van der Waals surface area contributed by atoms with Gasteiger partial charge in [0, 0.05) is 5.56 Å². The van der Waals surface area contributed by atoms with Gasteiger partial charge in [0.15, 0.2) is 22.8 Å². The highest BCUT2D eigenvalue weighted by Gasteiger charge is 2.25. The quantitative estimate of drug-likeness (QED) is 0.702. The smallest absolute Gasteiger partial charge is 0.344 e. The molecule has 1 saturated heterocycles. The molecule has 1 atom stereocenters. The molecule has 2 N–H and O–H groups in total. The second kappa shape index (κ2) is 8.83. The highest BCUT2D eigenvalue weighted by atomic mass is 32.2. The minimum atomic E-state index is -1.10. The van der Waals surface area contributed by atoms with Gasteiger partial charge in [0.25, 0.3) is 5.91 Å². The second-order valence-corrected chi connectivity index (χ2v) is 7.28. The molecular weight excluding hydrogens is 392 g/mol. The Kier molecular flexibility index (Phi) is 6.23. The summed E-state index contributed by atoms with van der Waals surface area (Å²) in [6.45, 7) is 3.37. The van der Waals surface area contributed by atoms with E-state index in [1.165, 1.54) is 25.8 Å². The number of aliphatic carboxylic acids is 1. The fourth-order valence-electron chi connectivity index (χ4n) is 2.58. The molecule has 0 spiro atoms. The van der Waals surface area contributed by atoms with E-state index in [0.29, 0.717) is 21.4 Å². The second-order valence-electron chi connectivity index (χ2n) is 6.25. The molecule has 8 heteroatoms. The summed E-state index contributed by atoms with van der Waals surface area (Å²) in [5.41, 5.74) is 2.31. The third kappa shape index (κ3) is 4.78. The molecule has 0 unspecified atom stereocenters. The minimum absolute atomic E-state index is 0.259. The topological polar surface area (TPSA) is 97.2 Å². The van der Waals surface area contributed by atoms with Gasteiger partial charge in [-0.3, -0.25) is 4.79 Å². The Hall–Kier alpha value is -3.26. The molecule has 2 aromatic carbocycles. The number of aliphatic imine (C=N–C) groups is 1. The van der Waals surface area contributed by atoms with E-state index in [-0.39, 0.29) is 11.7 Å². The summed E-state index contributed by atoms with van der Waals surface area (Å²) in [7, 11) is 1.47. The molecule has 1 amide bonds. The van der Waals surface area contributed by atoms with Gasteiger partial charge in [-0.1, -0.05) is 30.3 Å². The summed E-state index contributed by atoms with van der Waals surface area (Å²) in [5, 5.41) is 12.4. The number of thioether (sulfide) groups is 1. The van der Waals surface area contributed by atoms with E-state index < -0.39 is 12.1 Å². The lowest BCUT2D eigenvalue weighted by Gasteiger charge is -2.16. The van der Waals surface area contributed by atoms with E-state index in [2.05, 4.69) is 10.3 Å². The van der Waals surface area contributed by atoms with Crippen molar-refractivity contribution in [2.75, 3.05) is 7.11 Å². The number of methoxy groups -OCH3 is 1. The number of hydrogen-bond donors (Lipinski definition) is 2. The number of para-hydroxylation sites is 2. The number of carboxylic acid groups (broad SMARTS) is 1. The van der Waals surface area contributed by atoms with Crippen LogP contribution in [0.4, 0.5) is 5.69 Å². The molecule has 7 nitrogen and oxygen atoms in total. The Morgan fingerprint density at radius 3 is 2.69 bits per heavy atom. The third-order valence-corrected chi connectivity index (χ3v) is 5.06. The number of carbonyl (C=O) groups excluding carboxylic acids is 1. The molecule has 1 fully saturated rings. The van der Waals surface area contributed by atoms with E-state index in [9.17, 15) is 9.59 Å². The van der Waals surface area contributed by atoms with Crippen molar-refractivity contribution in [2.24, 2.45) is 4.99 Å². The number of aryl methyl sites for hydroxylation is 1. The summed E-state index contributed by atoms with van der Waals surface area (Å²) in [6.07, 6.45) is 0.555. The van der Waals surface area contributed by atoms with Crippen LogP contribution in [0.25, 0.3) is 6.08 Å². The molecule has 2 aromatic rings. The highest BCUT2D eigenvalue weighted by molar-refractivity contribution is 8.18. The molecule has 1 heterocycles. The Balaban J connectivity index is 1.93. The zero-order chi connectivity index (χ0) is 21.0. The molecule has 0 aliphatic carbocycles. The van der Waals surface area contributed by atoms with Crippen LogP contribution >= 0.6 is 11.8 Å². The fourth-order valence-corrected chi connectivity index (χ4v) is 3.41. The molecule has 3 rings (SSSR count). The highest BCUT2D eigenvalue weighted by Crippen LogP contribution is 2.36. The number of amidine groups is 1. The maximum Gasteiger partial charge on any atom is 0.344 e. The van der Waals surface area contributed by atoms with Crippen LogP contribution in [0.3, 0.4) is 0 Å². The first kappa shape index (κ1) is 20.5. The van der Waals surface area contributed by atoms with Crippen LogP contribution in [-0.2, 0) is 9.59 Å². The van der Waals surface area contributed by atoms with Crippen molar-refractivity contribution in [3.8, 4) is 11.5 Å². The van der Waals surface area contributed by atoms with Gasteiger partial charge in [0.1, 0.15) is 0 Å². The number of carboxylic acids is 1. The largest absolute Gasteiger partial charge is 0.493 e. The number of ether oxygens (including phenoxy) is 2. The van der Waals surface area contributed by atoms with Gasteiger partial charge in [-0.25, -0.2) is 9.79 Å². The van der Waals surface area contributed by atoms with Crippen molar-refractivity contribution in [1.82, 2.24) is 5.32 Å². The molecule has 1 aliphatic heterocycles. The van der Waals surface area contributed by atoms with Gasteiger partial charge in [0.2, 0.25) is 0 Å². The van der Waals surface area contributed by atoms with E-state index >= 15 is 0 Å². The van der Waals surface area contributed by atoms with Gasteiger partial charge in [-0.15, -0.1) is 0 Å². The number of amides is 1. The standard InChI is InChI=1S/C21H20N2O5S/c1-12-7-4-5-9-15(12)22-21-23-19(24)17(29-21)11-14-8-6-10-16(27-3)18(14)28-13(2)20(25)26/h4-11,13H,1-3H3,(H,25,26)(H,22,23,24)/b17-11-/t13-/m0/s1. The molecule has 0 aromatic heterocycles. The van der Waals surface area contributed by atoms with E-state index in [1.54, 1.807) is 24.3 Å². The number of nitrogens with one attached hydrogen (secondary N) is 1. The number of benzene rings is 2. The predicted octanol–water partition coefficient (Wildman–Crippen LogP) is 3.75. The van der Waals surface area contributed by atoms with Crippen molar-refractivity contribution in [2.45, 2.75) is 20.0 Å². The van der Waals surface area contributed by atoms with Gasteiger partial charge < -0.3 is 19.9 Å². The van der Waals surface area contributed by atoms with Crippen molar-refractivity contribution in [1.29, 1.82) is 0 Å². The molecule has 0 radical (unpaired) electrons. The maximum absolute atomic E-state index is 12.4. The minimum Gasteiger partial charge on any atom is -0.493 e. The first-order chi connectivity index (χ1) is 13.9. The normalized spacial score (nSPS) is 17.3. The Morgan fingerprint density at radius 1 is 1.24 bits per heavy atom. The molecule has 1 aliphatic rings. The van der Waals surface area contributed by atoms with Crippen LogP contribution in [-0.4, -0.2) is 35.4 Å². The Labute approximate surface area is 172 Å². The molecule has 29 heavy (non-hydrogen) atoms. The summed E-state index contributed by atoms with van der Waals surface area (Å²) in [4.78, 5) is 28.5. The Bertz CT molecular complexity index is 1020. The van der Waals surface area contributed by atoms with E-state index in [1.807, 2.05) is 31.2 Å². The third-order valence-electron chi connectivity index (χ3n) is 4.15. The summed E-state index contributed by atoms with van der Waals surface area (Å²) >= 11 is 1.20. The molecule has 0 bridgehead atoms. The van der Waals surface area contributed by atoms with Crippen LogP contribution < -0.4 is 14.8 Å². The van der Waals surface area contributed by atoms with Gasteiger partial charge >= 0.3 is 5.97 Å². The first-order valence-corrected chi connectivity index (χ1v) is 9.62. The molecule has 0 saturated carbocycles. The average molecular weight is 412 g/mol. The van der Waals surface area contributed by atoms with Crippen LogP contribution in [0.5, 0.6) is 11.5 Å². The first-order valence-electron chi connectivity index (χ1n) is 8.80. The monoisotopic (exact) mass is 412 g/mol. The van der Waals surface area contributed by atoms with E-state index in [0.717, 1.165) is 11.3 Å². The van der Waals surface area contributed by atoms with Crippen molar-refractivity contribution in [3.05, 3.63) is 58.5 Å². The van der Waals surface area contributed by atoms with Gasteiger partial charge in [-0.05, 0) is 49.4 Å². The van der Waals surface area contributed by atoms with Crippen molar-refractivity contribution >= 4 is 40.6 Å². The lowest BCUT2D eigenvalue weighted by molar-refractivity contribution is -0.144. The SMILES string of the molecule is COc1cccc(/C=C2\SC(=Nc3ccccc3C)NC2=O)c1O[C@@H](C)C(=O)O. The van der Waals surface area contributed by atoms with Crippen LogP contribution in [0.15, 0.2) is 52.4 Å². The van der Waals surface area contributed by atoms with Crippen LogP contribution in [0.1, 0.15) is 18.1 Å². The maximum atomic E-state index is 12.4.